The van der Waals surface area contributed by atoms with E-state index in [1.807, 2.05) is 14.0 Å². The number of ketones is 1. The number of Topliss-reactive ketones (excluding diaryl/α,β-unsaturated/α-hetero) is 1. The van der Waals surface area contributed by atoms with Crippen molar-refractivity contribution in [3.63, 3.8) is 0 Å². The molecule has 5 heteroatoms. The zero-order chi connectivity index (χ0) is 11.8. The minimum Gasteiger partial charge on any atom is -0.315 e. The van der Waals surface area contributed by atoms with Crippen LogP contribution in [0, 0.1) is 0 Å². The molecule has 0 aromatic rings. The van der Waals surface area contributed by atoms with E-state index in [1.54, 1.807) is 7.05 Å². The van der Waals surface area contributed by atoms with E-state index in [0.29, 0.717) is 13.0 Å². The summed E-state index contributed by atoms with van der Waals surface area (Å²) in [5, 5.41) is 4.58. The van der Waals surface area contributed by atoms with Gasteiger partial charge in [-0.1, -0.05) is 0 Å². The Kier molecular flexibility index (Phi) is 6.90. The molecule has 0 aromatic carbocycles. The van der Waals surface area contributed by atoms with Crippen LogP contribution in [0.25, 0.3) is 0 Å². The zero-order valence-corrected chi connectivity index (χ0v) is 9.96. The summed E-state index contributed by atoms with van der Waals surface area (Å²) in [6.45, 7) is 4.07. The van der Waals surface area contributed by atoms with E-state index in [4.69, 9.17) is 0 Å². The predicted molar refractivity (Wildman–Crippen MR) is 59.2 cm³/mol. The van der Waals surface area contributed by atoms with Crippen molar-refractivity contribution in [2.75, 3.05) is 20.6 Å². The summed E-state index contributed by atoms with van der Waals surface area (Å²) in [6, 6.07) is 0.221. The van der Waals surface area contributed by atoms with Crippen LogP contribution in [0.2, 0.25) is 0 Å². The number of rotatable bonds is 7. The Morgan fingerprint density at radius 2 is 1.87 bits per heavy atom. The summed E-state index contributed by atoms with van der Waals surface area (Å²) in [6.07, 6.45) is 0.581. The average molecular weight is 215 g/mol. The van der Waals surface area contributed by atoms with Crippen molar-refractivity contribution in [2.45, 2.75) is 32.7 Å². The summed E-state index contributed by atoms with van der Waals surface area (Å²) in [4.78, 5) is 22.3. The molecule has 15 heavy (non-hydrogen) atoms. The Balaban J connectivity index is 4.04. The molecule has 0 bridgehead atoms. The molecule has 0 aliphatic heterocycles. The Morgan fingerprint density at radius 1 is 1.27 bits per heavy atom. The van der Waals surface area contributed by atoms with Crippen molar-refractivity contribution in [3.05, 3.63) is 0 Å². The lowest BCUT2D eigenvalue weighted by molar-refractivity contribution is -0.135. The van der Waals surface area contributed by atoms with E-state index in [9.17, 15) is 9.59 Å². The van der Waals surface area contributed by atoms with Crippen molar-refractivity contribution in [1.82, 2.24) is 15.8 Å². The van der Waals surface area contributed by atoms with Crippen LogP contribution in [0.15, 0.2) is 0 Å². The molecule has 0 heterocycles. The molecule has 0 saturated carbocycles. The molecule has 0 aromatic heterocycles. The Morgan fingerprint density at radius 3 is 2.27 bits per heavy atom. The first-order valence-electron chi connectivity index (χ1n) is 5.15. The number of hydrazine groups is 1. The van der Waals surface area contributed by atoms with Crippen molar-refractivity contribution >= 4 is 11.7 Å². The van der Waals surface area contributed by atoms with Gasteiger partial charge in [-0.25, -0.2) is 5.43 Å². The van der Waals surface area contributed by atoms with Gasteiger partial charge in [-0.2, -0.15) is 0 Å². The smallest absolute Gasteiger partial charge is 0.237 e. The minimum atomic E-state index is -0.0465. The lowest BCUT2D eigenvalue weighted by Crippen LogP contribution is -2.47. The molecule has 1 atom stereocenters. The van der Waals surface area contributed by atoms with E-state index in [-0.39, 0.29) is 24.2 Å². The Labute approximate surface area is 91.2 Å². The summed E-state index contributed by atoms with van der Waals surface area (Å²) in [5.74, 6) is -0.00383. The van der Waals surface area contributed by atoms with Crippen molar-refractivity contribution < 1.29 is 9.59 Å². The Hall–Kier alpha value is -0.940. The van der Waals surface area contributed by atoms with Crippen LogP contribution in [-0.4, -0.2) is 43.4 Å². The molecule has 0 aliphatic rings. The van der Waals surface area contributed by atoms with Gasteiger partial charge in [0, 0.05) is 25.9 Å². The average Bonchev–Trinajstić information content (AvgIpc) is 2.21. The molecule has 0 aliphatic carbocycles. The van der Waals surface area contributed by atoms with Crippen LogP contribution in [0.1, 0.15) is 26.7 Å². The summed E-state index contributed by atoms with van der Waals surface area (Å²) >= 11 is 0. The van der Waals surface area contributed by atoms with Gasteiger partial charge in [-0.3, -0.25) is 9.80 Å². The van der Waals surface area contributed by atoms with Crippen molar-refractivity contribution in [2.24, 2.45) is 0 Å². The highest BCUT2D eigenvalue weighted by Gasteiger charge is 2.14. The maximum Gasteiger partial charge on any atom is 0.237 e. The topological polar surface area (TPSA) is 61.4 Å². The molecule has 0 fully saturated rings. The lowest BCUT2D eigenvalue weighted by atomic mass is 10.2. The van der Waals surface area contributed by atoms with E-state index in [0.717, 1.165) is 0 Å². The van der Waals surface area contributed by atoms with Crippen LogP contribution in [0.5, 0.6) is 0 Å². The zero-order valence-electron chi connectivity index (χ0n) is 9.96. The maximum absolute atomic E-state index is 11.6. The van der Waals surface area contributed by atoms with Crippen molar-refractivity contribution in [3.8, 4) is 0 Å². The quantitative estimate of drug-likeness (QED) is 0.583. The lowest BCUT2D eigenvalue weighted by Gasteiger charge is -2.24. The van der Waals surface area contributed by atoms with Crippen LogP contribution in [-0.2, 0) is 9.59 Å². The van der Waals surface area contributed by atoms with Crippen molar-refractivity contribution in [1.29, 1.82) is 0 Å². The molecule has 1 amide bonds. The van der Waals surface area contributed by atoms with Gasteiger partial charge in [-0.05, 0) is 20.9 Å². The third-order valence-electron chi connectivity index (χ3n) is 2.21. The number of carbonyl (C=O) groups excluding carboxylic acids is 2. The highest BCUT2D eigenvalue weighted by molar-refractivity contribution is 5.83. The Bertz CT molecular complexity index is 219. The van der Waals surface area contributed by atoms with Gasteiger partial charge in [0.25, 0.3) is 0 Å². The predicted octanol–water partition coefficient (Wildman–Crippen LogP) is -0.0735. The molecule has 88 valence electrons. The van der Waals surface area contributed by atoms with Gasteiger partial charge in [0.1, 0.15) is 5.78 Å². The molecule has 1 unspecified atom stereocenters. The molecule has 0 radical (unpaired) electrons. The first-order chi connectivity index (χ1) is 7.01. The number of nitrogens with zero attached hydrogens (tertiary/aromatic N) is 1. The minimum absolute atomic E-state index is 0.0427. The fourth-order valence-electron chi connectivity index (χ4n) is 1.10. The third-order valence-corrected chi connectivity index (χ3v) is 2.21. The largest absolute Gasteiger partial charge is 0.315 e. The van der Waals surface area contributed by atoms with Gasteiger partial charge in [0.05, 0.1) is 6.54 Å². The van der Waals surface area contributed by atoms with Gasteiger partial charge >= 0.3 is 0 Å². The molecular weight excluding hydrogens is 194 g/mol. The van der Waals surface area contributed by atoms with Crippen LogP contribution in [0.3, 0.4) is 0 Å². The monoisotopic (exact) mass is 215 g/mol. The number of carbonyl (C=O) groups is 2. The number of hydrogen-bond donors (Lipinski definition) is 2. The number of amides is 1. The standard InChI is InChI=1S/C10H21N3O2/c1-8(11-3)7-13(12-4)10(15)6-5-9(2)14/h8,11-12H,5-7H2,1-4H3. The highest BCUT2D eigenvalue weighted by Crippen LogP contribution is 1.97. The van der Waals surface area contributed by atoms with Gasteiger partial charge in [0.2, 0.25) is 5.91 Å². The second kappa shape index (κ2) is 7.36. The van der Waals surface area contributed by atoms with Gasteiger partial charge in [-0.15, -0.1) is 0 Å². The van der Waals surface area contributed by atoms with E-state index in [1.165, 1.54) is 11.9 Å². The molecule has 0 rings (SSSR count). The van der Waals surface area contributed by atoms with E-state index in [2.05, 4.69) is 10.7 Å². The number of hydrogen-bond acceptors (Lipinski definition) is 4. The highest BCUT2D eigenvalue weighted by atomic mass is 16.2. The molecule has 2 N–H and O–H groups in total. The maximum atomic E-state index is 11.6. The summed E-state index contributed by atoms with van der Waals surface area (Å²) in [7, 11) is 3.55. The van der Waals surface area contributed by atoms with Crippen LogP contribution in [0.4, 0.5) is 0 Å². The number of likely N-dealkylation sites (N-methyl/N-ethyl adjacent to an activating group) is 1. The SMILES string of the molecule is CNC(C)CN(NC)C(=O)CCC(C)=O. The van der Waals surface area contributed by atoms with Crippen LogP contribution < -0.4 is 10.7 Å². The van der Waals surface area contributed by atoms with Gasteiger partial charge < -0.3 is 10.1 Å². The van der Waals surface area contributed by atoms with E-state index < -0.39 is 0 Å². The van der Waals surface area contributed by atoms with E-state index >= 15 is 0 Å². The molecule has 5 nitrogen and oxygen atoms in total. The normalized spacial score (nSPS) is 12.3. The molecule has 0 spiro atoms. The van der Waals surface area contributed by atoms with Gasteiger partial charge in [0.15, 0.2) is 0 Å². The second-order valence-electron chi connectivity index (χ2n) is 3.62. The first kappa shape index (κ1) is 14.1. The molecule has 0 saturated heterocycles. The first-order valence-corrected chi connectivity index (χ1v) is 5.15. The number of nitrogens with one attached hydrogen (secondary N) is 2. The third kappa shape index (κ3) is 6.19. The fourth-order valence-corrected chi connectivity index (χ4v) is 1.10. The summed E-state index contributed by atoms with van der Waals surface area (Å²) in [5.41, 5.74) is 2.82. The fraction of sp³-hybridized carbons (Fsp3) is 0.800. The second-order valence-corrected chi connectivity index (χ2v) is 3.62. The molecular formula is C10H21N3O2. The summed E-state index contributed by atoms with van der Waals surface area (Å²) < 4.78 is 0. The van der Waals surface area contributed by atoms with Crippen LogP contribution >= 0.6 is 0 Å².